The van der Waals surface area contributed by atoms with Crippen molar-refractivity contribution in [1.29, 1.82) is 0 Å². The van der Waals surface area contributed by atoms with Crippen molar-refractivity contribution in [3.8, 4) is 0 Å². The maximum Gasteiger partial charge on any atom is 0.419 e. The number of oxazole rings is 1. The van der Waals surface area contributed by atoms with Crippen LogP contribution in [0.2, 0.25) is 0 Å². The first-order valence-corrected chi connectivity index (χ1v) is 10.9. The van der Waals surface area contributed by atoms with Gasteiger partial charge in [-0.05, 0) is 55.8 Å². The van der Waals surface area contributed by atoms with Crippen molar-refractivity contribution in [1.82, 2.24) is 14.2 Å². The number of hydrogen-bond donors (Lipinski definition) is 1. The van der Waals surface area contributed by atoms with Crippen LogP contribution in [0.3, 0.4) is 0 Å². The van der Waals surface area contributed by atoms with Crippen LogP contribution >= 0.6 is 0 Å². The Bertz CT molecular complexity index is 1180. The molecule has 0 unspecified atom stereocenters. The molecule has 3 aromatic rings. The Morgan fingerprint density at radius 1 is 1.14 bits per heavy atom. The fraction of sp³-hybridized carbons (Fsp3) is 0.350. The second-order valence-electron chi connectivity index (χ2n) is 7.22. The molecule has 1 N–H and O–H groups in total. The molecule has 0 bridgehead atoms. The van der Waals surface area contributed by atoms with Gasteiger partial charge in [-0.3, -0.25) is 9.47 Å². The highest BCUT2D eigenvalue weighted by Crippen LogP contribution is 2.26. The third-order valence-electron chi connectivity index (χ3n) is 5.38. The molecule has 0 saturated carbocycles. The SMILES string of the molecule is Cn1c(=O)oc2cc(S(=O)(=O)NC[C@H](c3ccc(F)cc3)N3CCCC3)ccc21. The molecular formula is C20H22FN3O4S. The minimum atomic E-state index is -3.82. The lowest BCUT2D eigenvalue weighted by atomic mass is 10.1. The van der Waals surface area contributed by atoms with E-state index in [-0.39, 0.29) is 28.9 Å². The number of nitrogens with one attached hydrogen (secondary N) is 1. The van der Waals surface area contributed by atoms with E-state index in [2.05, 4.69) is 9.62 Å². The van der Waals surface area contributed by atoms with E-state index in [1.165, 1.54) is 28.8 Å². The first-order valence-electron chi connectivity index (χ1n) is 9.44. The Hall–Kier alpha value is -2.49. The topological polar surface area (TPSA) is 84.5 Å². The van der Waals surface area contributed by atoms with Gasteiger partial charge >= 0.3 is 5.76 Å². The zero-order valence-electron chi connectivity index (χ0n) is 16.0. The highest BCUT2D eigenvalue weighted by molar-refractivity contribution is 7.89. The van der Waals surface area contributed by atoms with Crippen LogP contribution < -0.4 is 10.5 Å². The first kappa shape index (κ1) is 19.8. The normalized spacial score (nSPS) is 16.5. The van der Waals surface area contributed by atoms with Crippen LogP contribution in [0.1, 0.15) is 24.4 Å². The number of aromatic nitrogens is 1. The number of fused-ring (bicyclic) bond motifs is 1. The van der Waals surface area contributed by atoms with Gasteiger partial charge in [0.25, 0.3) is 0 Å². The van der Waals surface area contributed by atoms with E-state index in [1.54, 1.807) is 25.2 Å². The van der Waals surface area contributed by atoms with Crippen molar-refractivity contribution in [2.75, 3.05) is 19.6 Å². The quantitative estimate of drug-likeness (QED) is 0.663. The zero-order chi connectivity index (χ0) is 20.6. The Kier molecular flexibility index (Phi) is 5.28. The second kappa shape index (κ2) is 7.74. The van der Waals surface area contributed by atoms with Gasteiger partial charge in [0.1, 0.15) is 5.82 Å². The molecule has 0 aliphatic carbocycles. The van der Waals surface area contributed by atoms with Gasteiger partial charge in [-0.25, -0.2) is 22.3 Å². The van der Waals surface area contributed by atoms with E-state index in [4.69, 9.17) is 4.42 Å². The van der Waals surface area contributed by atoms with E-state index in [0.29, 0.717) is 5.52 Å². The maximum absolute atomic E-state index is 13.3. The Labute approximate surface area is 167 Å². The molecule has 4 rings (SSSR count). The molecule has 0 radical (unpaired) electrons. The molecule has 0 amide bonds. The van der Waals surface area contributed by atoms with Gasteiger partial charge in [-0.2, -0.15) is 0 Å². The van der Waals surface area contributed by atoms with E-state index in [1.807, 2.05) is 0 Å². The first-order chi connectivity index (χ1) is 13.8. The number of nitrogens with zero attached hydrogens (tertiary/aromatic N) is 2. The fourth-order valence-corrected chi connectivity index (χ4v) is 4.80. The second-order valence-corrected chi connectivity index (χ2v) is 8.99. The lowest BCUT2D eigenvalue weighted by Gasteiger charge is -2.28. The van der Waals surface area contributed by atoms with Crippen LogP contribution in [0, 0.1) is 5.82 Å². The minimum absolute atomic E-state index is 0.0265. The Morgan fingerprint density at radius 2 is 1.83 bits per heavy atom. The van der Waals surface area contributed by atoms with Crippen molar-refractivity contribution in [2.45, 2.75) is 23.8 Å². The molecular weight excluding hydrogens is 397 g/mol. The van der Waals surface area contributed by atoms with Crippen LogP contribution in [-0.2, 0) is 17.1 Å². The summed E-state index contributed by atoms with van der Waals surface area (Å²) in [7, 11) is -2.26. The minimum Gasteiger partial charge on any atom is -0.408 e. The van der Waals surface area contributed by atoms with Crippen molar-refractivity contribution < 1.29 is 17.2 Å². The van der Waals surface area contributed by atoms with Crippen LogP contribution in [0.5, 0.6) is 0 Å². The molecule has 1 aliphatic rings. The summed E-state index contributed by atoms with van der Waals surface area (Å²) in [6.07, 6.45) is 2.10. The predicted molar refractivity (Wildman–Crippen MR) is 107 cm³/mol. The van der Waals surface area contributed by atoms with Gasteiger partial charge < -0.3 is 4.42 Å². The summed E-state index contributed by atoms with van der Waals surface area (Å²) < 4.78 is 48.1. The molecule has 9 heteroatoms. The smallest absolute Gasteiger partial charge is 0.408 e. The summed E-state index contributed by atoms with van der Waals surface area (Å²) in [6, 6.07) is 10.3. The molecule has 2 aromatic carbocycles. The monoisotopic (exact) mass is 419 g/mol. The summed E-state index contributed by atoms with van der Waals surface area (Å²) in [5, 5.41) is 0. The largest absolute Gasteiger partial charge is 0.419 e. The summed E-state index contributed by atoms with van der Waals surface area (Å²) >= 11 is 0. The molecule has 1 fully saturated rings. The highest BCUT2D eigenvalue weighted by Gasteiger charge is 2.26. The molecule has 2 heterocycles. The third kappa shape index (κ3) is 3.98. The summed E-state index contributed by atoms with van der Waals surface area (Å²) in [4.78, 5) is 13.9. The standard InChI is InChI=1S/C20H22FN3O4S/c1-23-17-9-8-16(12-19(17)28-20(23)25)29(26,27)22-13-18(24-10-2-3-11-24)14-4-6-15(21)7-5-14/h4-9,12,18,22H,2-3,10-11,13H2,1H3/t18-/m1/s1. The predicted octanol–water partition coefficient (Wildman–Crippen LogP) is 2.39. The number of aryl methyl sites for hydroxylation is 1. The Morgan fingerprint density at radius 3 is 2.52 bits per heavy atom. The number of halogens is 1. The lowest BCUT2D eigenvalue weighted by Crippen LogP contribution is -2.36. The summed E-state index contributed by atoms with van der Waals surface area (Å²) in [5.74, 6) is -0.875. The number of sulfonamides is 1. The average molecular weight is 419 g/mol. The van der Waals surface area contributed by atoms with Gasteiger partial charge in [-0.1, -0.05) is 12.1 Å². The number of rotatable bonds is 6. The molecule has 0 spiro atoms. The van der Waals surface area contributed by atoms with E-state index in [9.17, 15) is 17.6 Å². The highest BCUT2D eigenvalue weighted by atomic mass is 32.2. The van der Waals surface area contributed by atoms with Crippen LogP contribution in [0.4, 0.5) is 4.39 Å². The lowest BCUT2D eigenvalue weighted by molar-refractivity contribution is 0.246. The van der Waals surface area contributed by atoms with Crippen molar-refractivity contribution in [3.05, 3.63) is 64.4 Å². The molecule has 1 aliphatic heterocycles. The van der Waals surface area contributed by atoms with Crippen LogP contribution in [0.25, 0.3) is 11.1 Å². The van der Waals surface area contributed by atoms with Gasteiger partial charge in [-0.15, -0.1) is 0 Å². The summed E-state index contributed by atoms with van der Waals surface area (Å²) in [5.41, 5.74) is 1.60. The van der Waals surface area contributed by atoms with Crippen molar-refractivity contribution >= 4 is 21.1 Å². The average Bonchev–Trinajstić information content (AvgIpc) is 3.32. The molecule has 154 valence electrons. The molecule has 1 saturated heterocycles. The molecule has 1 aromatic heterocycles. The molecule has 1 atom stereocenters. The van der Waals surface area contributed by atoms with Gasteiger partial charge in [0.2, 0.25) is 10.0 Å². The van der Waals surface area contributed by atoms with Gasteiger partial charge in [0.05, 0.1) is 10.4 Å². The molecule has 29 heavy (non-hydrogen) atoms. The number of benzene rings is 2. The van der Waals surface area contributed by atoms with Gasteiger partial charge in [0, 0.05) is 25.7 Å². The number of likely N-dealkylation sites (tertiary alicyclic amines) is 1. The van der Waals surface area contributed by atoms with E-state index in [0.717, 1.165) is 31.5 Å². The fourth-order valence-electron chi connectivity index (χ4n) is 3.75. The van der Waals surface area contributed by atoms with Crippen molar-refractivity contribution in [2.24, 2.45) is 7.05 Å². The number of hydrogen-bond acceptors (Lipinski definition) is 5. The zero-order valence-corrected chi connectivity index (χ0v) is 16.8. The molecule has 7 nitrogen and oxygen atoms in total. The van der Waals surface area contributed by atoms with Gasteiger partial charge in [0.15, 0.2) is 5.58 Å². The third-order valence-corrected chi connectivity index (χ3v) is 6.80. The van der Waals surface area contributed by atoms with Crippen LogP contribution in [0.15, 0.2) is 56.6 Å². The maximum atomic E-state index is 13.3. The summed E-state index contributed by atoms with van der Waals surface area (Å²) in [6.45, 7) is 1.89. The van der Waals surface area contributed by atoms with E-state index < -0.39 is 15.8 Å². The Balaban J connectivity index is 1.58. The van der Waals surface area contributed by atoms with Crippen LogP contribution in [-0.4, -0.2) is 37.5 Å². The van der Waals surface area contributed by atoms with E-state index >= 15 is 0 Å². The van der Waals surface area contributed by atoms with Crippen molar-refractivity contribution in [3.63, 3.8) is 0 Å².